The van der Waals surface area contributed by atoms with Gasteiger partial charge < -0.3 is 5.32 Å². The highest BCUT2D eigenvalue weighted by molar-refractivity contribution is 6.06. The van der Waals surface area contributed by atoms with Crippen molar-refractivity contribution in [2.75, 3.05) is 0 Å². The topological polar surface area (TPSA) is 106 Å². The zero-order valence-corrected chi connectivity index (χ0v) is 18.2. The first-order valence-corrected chi connectivity index (χ1v) is 10.5. The van der Waals surface area contributed by atoms with Crippen LogP contribution in [-0.2, 0) is 6.18 Å². The van der Waals surface area contributed by atoms with E-state index in [0.717, 1.165) is 12.1 Å². The highest BCUT2D eigenvalue weighted by Gasteiger charge is 2.30. The number of nitrogens with zero attached hydrogens (tertiary/aromatic N) is 4. The third kappa shape index (κ3) is 4.01. The predicted molar refractivity (Wildman–Crippen MR) is 122 cm³/mol. The molecule has 35 heavy (non-hydrogen) atoms. The van der Waals surface area contributed by atoms with E-state index in [2.05, 4.69) is 25.7 Å². The van der Waals surface area contributed by atoms with E-state index < -0.39 is 17.3 Å². The van der Waals surface area contributed by atoms with Crippen LogP contribution in [-0.4, -0.2) is 30.9 Å². The van der Waals surface area contributed by atoms with Crippen LogP contribution in [0.3, 0.4) is 0 Å². The molecule has 5 aromatic rings. The molecule has 11 heteroatoms. The Morgan fingerprint density at radius 2 is 1.77 bits per heavy atom. The number of carbonyl (C=O) groups excluding carboxylic acids is 1. The minimum atomic E-state index is -4.50. The van der Waals surface area contributed by atoms with Crippen LogP contribution < -0.4 is 10.9 Å². The number of hydrogen-bond acceptors (Lipinski definition) is 5. The first-order valence-electron chi connectivity index (χ1n) is 10.5. The number of carbonyl (C=O) groups is 1. The Morgan fingerprint density at radius 3 is 2.46 bits per heavy atom. The van der Waals surface area contributed by atoms with Crippen molar-refractivity contribution in [2.45, 2.75) is 19.1 Å². The van der Waals surface area contributed by atoms with Crippen LogP contribution in [0.15, 0.2) is 71.7 Å². The normalized spacial score (nSPS) is 12.7. The molecule has 3 aromatic heterocycles. The number of pyridine rings is 2. The number of aromatic amines is 1. The number of amides is 1. The van der Waals surface area contributed by atoms with Gasteiger partial charge in [0.15, 0.2) is 5.52 Å². The van der Waals surface area contributed by atoms with Gasteiger partial charge in [0, 0.05) is 22.8 Å². The average Bonchev–Trinajstić information content (AvgIpc) is 3.35. The first-order chi connectivity index (χ1) is 16.7. The van der Waals surface area contributed by atoms with Crippen LogP contribution in [0.4, 0.5) is 13.2 Å². The molecule has 1 atom stereocenters. The van der Waals surface area contributed by atoms with Crippen LogP contribution >= 0.6 is 0 Å². The second kappa shape index (κ2) is 8.35. The second-order valence-corrected chi connectivity index (χ2v) is 7.89. The van der Waals surface area contributed by atoms with Crippen molar-refractivity contribution in [3.05, 3.63) is 94.0 Å². The SMILES string of the molecule is C[C@H](NC(=O)c1ccc2c(c1)c1n[nH]nc1c(=O)n2-c1ccc(C(F)(F)F)cc1)c1ccccn1. The average molecular weight is 478 g/mol. The highest BCUT2D eigenvalue weighted by atomic mass is 19.4. The predicted octanol–water partition coefficient (Wildman–Crippen LogP) is 4.17. The molecule has 0 aliphatic rings. The molecule has 0 unspecified atom stereocenters. The minimum absolute atomic E-state index is 0.00295. The van der Waals surface area contributed by atoms with Gasteiger partial charge in [0.2, 0.25) is 0 Å². The molecule has 2 aromatic carbocycles. The maximum atomic E-state index is 13.1. The van der Waals surface area contributed by atoms with Gasteiger partial charge in [-0.15, -0.1) is 0 Å². The van der Waals surface area contributed by atoms with Crippen molar-refractivity contribution in [3.63, 3.8) is 0 Å². The van der Waals surface area contributed by atoms with Gasteiger partial charge in [-0.25, -0.2) is 0 Å². The number of aromatic nitrogens is 5. The van der Waals surface area contributed by atoms with Gasteiger partial charge in [0.05, 0.1) is 22.8 Å². The summed E-state index contributed by atoms with van der Waals surface area (Å²) in [4.78, 5) is 30.3. The molecule has 0 fully saturated rings. The Morgan fingerprint density at radius 1 is 1.03 bits per heavy atom. The summed E-state index contributed by atoms with van der Waals surface area (Å²) in [7, 11) is 0. The lowest BCUT2D eigenvalue weighted by Gasteiger charge is -2.15. The number of halogens is 3. The van der Waals surface area contributed by atoms with E-state index in [0.29, 0.717) is 22.2 Å². The van der Waals surface area contributed by atoms with Crippen molar-refractivity contribution in [1.29, 1.82) is 0 Å². The van der Waals surface area contributed by atoms with Crippen LogP contribution in [0.5, 0.6) is 0 Å². The van der Waals surface area contributed by atoms with E-state index in [1.807, 2.05) is 6.07 Å². The molecule has 5 rings (SSSR count). The maximum Gasteiger partial charge on any atom is 0.416 e. The standard InChI is InChI=1S/C24H17F3N6O2/c1-13(18-4-2-3-11-28-18)29-22(34)14-5-10-19-17(12-14)20-21(31-32-30-20)23(35)33(19)16-8-6-15(7-9-16)24(25,26)27/h2-13H,1H3,(H,29,34)(H,30,31,32)/t13-/m0/s1. The van der Waals surface area contributed by atoms with Crippen molar-refractivity contribution in [1.82, 2.24) is 30.3 Å². The van der Waals surface area contributed by atoms with Crippen LogP contribution in [0.25, 0.3) is 27.6 Å². The van der Waals surface area contributed by atoms with Crippen LogP contribution in [0, 0.1) is 0 Å². The molecular formula is C24H17F3N6O2. The molecule has 176 valence electrons. The number of hydrogen-bond donors (Lipinski definition) is 2. The third-order valence-corrected chi connectivity index (χ3v) is 5.64. The number of nitrogens with one attached hydrogen (secondary N) is 2. The Bertz CT molecular complexity index is 1610. The summed E-state index contributed by atoms with van der Waals surface area (Å²) in [6.07, 6.45) is -2.87. The fraction of sp³-hybridized carbons (Fsp3) is 0.125. The van der Waals surface area contributed by atoms with Gasteiger partial charge in [0.25, 0.3) is 11.5 Å². The zero-order valence-electron chi connectivity index (χ0n) is 18.2. The number of rotatable bonds is 4. The Labute approximate surface area is 195 Å². The summed E-state index contributed by atoms with van der Waals surface area (Å²) < 4.78 is 40.3. The fourth-order valence-corrected chi connectivity index (χ4v) is 3.89. The fourth-order valence-electron chi connectivity index (χ4n) is 3.89. The molecule has 0 saturated carbocycles. The van der Waals surface area contributed by atoms with Gasteiger partial charge in [-0.05, 0) is 61.5 Å². The van der Waals surface area contributed by atoms with Gasteiger partial charge >= 0.3 is 6.18 Å². The lowest BCUT2D eigenvalue weighted by Crippen LogP contribution is -2.27. The largest absolute Gasteiger partial charge is 0.416 e. The summed E-state index contributed by atoms with van der Waals surface area (Å²) in [5.41, 5.74) is 0.449. The highest BCUT2D eigenvalue weighted by Crippen LogP contribution is 2.30. The Kier molecular flexibility index (Phi) is 5.31. The first kappa shape index (κ1) is 22.3. The smallest absolute Gasteiger partial charge is 0.344 e. The lowest BCUT2D eigenvalue weighted by atomic mass is 10.1. The molecule has 1 amide bonds. The van der Waals surface area contributed by atoms with E-state index in [9.17, 15) is 22.8 Å². The van der Waals surface area contributed by atoms with Crippen molar-refractivity contribution >= 4 is 27.8 Å². The molecule has 8 nitrogen and oxygen atoms in total. The van der Waals surface area contributed by atoms with E-state index >= 15 is 0 Å². The van der Waals surface area contributed by atoms with Gasteiger partial charge in [-0.1, -0.05) is 6.07 Å². The maximum absolute atomic E-state index is 13.1. The molecule has 0 saturated heterocycles. The molecular weight excluding hydrogens is 461 g/mol. The Hall–Kier alpha value is -4.54. The molecule has 0 spiro atoms. The Balaban J connectivity index is 1.60. The number of benzene rings is 2. The molecule has 0 aliphatic heterocycles. The number of alkyl halides is 3. The van der Waals surface area contributed by atoms with Crippen molar-refractivity contribution in [3.8, 4) is 5.69 Å². The molecule has 0 bridgehead atoms. The minimum Gasteiger partial charge on any atom is -0.344 e. The molecule has 3 heterocycles. The summed E-state index contributed by atoms with van der Waals surface area (Å²) in [6.45, 7) is 1.80. The van der Waals surface area contributed by atoms with Gasteiger partial charge in [-0.3, -0.25) is 19.1 Å². The van der Waals surface area contributed by atoms with E-state index in [4.69, 9.17) is 0 Å². The lowest BCUT2D eigenvalue weighted by molar-refractivity contribution is -0.137. The number of H-pyrrole nitrogens is 1. The summed E-state index contributed by atoms with van der Waals surface area (Å²) in [5, 5.41) is 13.7. The van der Waals surface area contributed by atoms with Gasteiger partial charge in [0.1, 0.15) is 5.52 Å². The van der Waals surface area contributed by atoms with Gasteiger partial charge in [-0.2, -0.15) is 28.6 Å². The number of fused-ring (bicyclic) bond motifs is 3. The monoisotopic (exact) mass is 478 g/mol. The summed E-state index contributed by atoms with van der Waals surface area (Å²) >= 11 is 0. The summed E-state index contributed by atoms with van der Waals surface area (Å²) in [6, 6.07) is 13.9. The van der Waals surface area contributed by atoms with Crippen LogP contribution in [0.2, 0.25) is 0 Å². The molecule has 2 N–H and O–H groups in total. The van der Waals surface area contributed by atoms with E-state index in [1.54, 1.807) is 37.4 Å². The van der Waals surface area contributed by atoms with Crippen LogP contribution in [0.1, 0.15) is 34.6 Å². The molecule has 0 radical (unpaired) electrons. The quantitative estimate of drug-likeness (QED) is 0.404. The van der Waals surface area contributed by atoms with E-state index in [1.165, 1.54) is 22.8 Å². The van der Waals surface area contributed by atoms with E-state index in [-0.39, 0.29) is 28.7 Å². The second-order valence-electron chi connectivity index (χ2n) is 7.89. The van der Waals surface area contributed by atoms with Crippen molar-refractivity contribution < 1.29 is 18.0 Å². The molecule has 0 aliphatic carbocycles. The summed E-state index contributed by atoms with van der Waals surface area (Å²) in [5.74, 6) is -0.367. The third-order valence-electron chi connectivity index (χ3n) is 5.64. The zero-order chi connectivity index (χ0) is 24.7. The van der Waals surface area contributed by atoms with Crippen molar-refractivity contribution in [2.24, 2.45) is 0 Å².